The van der Waals surface area contributed by atoms with Crippen LogP contribution < -0.4 is 9.62 Å². The summed E-state index contributed by atoms with van der Waals surface area (Å²) in [5.41, 5.74) is 1.77. The van der Waals surface area contributed by atoms with Gasteiger partial charge >= 0.3 is 0 Å². The summed E-state index contributed by atoms with van der Waals surface area (Å²) in [6.07, 6.45) is 0.316. The standard InChI is InChI=1S/C30H35Cl2N3O4S/c1-5-28(30(37)33-18-21(2)3)34(19-23-14-15-24(31)17-27(23)32)29(36)20-35(25-11-9-10-22(4)16-25)40(38,39)26-12-7-6-8-13-26/h6-17,21,28H,5,18-20H2,1-4H3,(H,33,37)/t28-/m0/s1. The molecule has 0 radical (unpaired) electrons. The van der Waals surface area contributed by atoms with E-state index in [1.165, 1.54) is 17.0 Å². The normalized spacial score (nSPS) is 12.2. The largest absolute Gasteiger partial charge is 0.354 e. The van der Waals surface area contributed by atoms with E-state index in [0.717, 1.165) is 9.87 Å². The Hall–Kier alpha value is -3.07. The molecular weight excluding hydrogens is 569 g/mol. The first-order valence-electron chi connectivity index (χ1n) is 13.1. The van der Waals surface area contributed by atoms with Crippen LogP contribution in [0.25, 0.3) is 0 Å². The number of amides is 2. The number of benzene rings is 3. The van der Waals surface area contributed by atoms with Gasteiger partial charge in [0.2, 0.25) is 11.8 Å². The van der Waals surface area contributed by atoms with E-state index in [4.69, 9.17) is 23.2 Å². The fourth-order valence-corrected chi connectivity index (χ4v) is 6.10. The summed E-state index contributed by atoms with van der Waals surface area (Å²) in [5, 5.41) is 3.69. The summed E-state index contributed by atoms with van der Waals surface area (Å²) < 4.78 is 28.8. The number of carbonyl (C=O) groups is 2. The van der Waals surface area contributed by atoms with Crippen molar-refractivity contribution in [2.45, 2.75) is 51.6 Å². The second kappa shape index (κ2) is 14.0. The zero-order valence-electron chi connectivity index (χ0n) is 23.1. The summed E-state index contributed by atoms with van der Waals surface area (Å²) >= 11 is 12.5. The van der Waals surface area contributed by atoms with Gasteiger partial charge in [-0.05, 0) is 66.8 Å². The van der Waals surface area contributed by atoms with Gasteiger partial charge in [0.05, 0.1) is 10.6 Å². The molecule has 0 heterocycles. The second-order valence-corrected chi connectivity index (χ2v) is 12.7. The molecule has 2 amide bonds. The van der Waals surface area contributed by atoms with Crippen LogP contribution in [0.15, 0.2) is 77.7 Å². The molecule has 3 aromatic rings. The molecule has 1 atom stereocenters. The lowest BCUT2D eigenvalue weighted by Gasteiger charge is -2.33. The molecule has 10 heteroatoms. The van der Waals surface area contributed by atoms with Crippen molar-refractivity contribution in [1.29, 1.82) is 0 Å². The molecule has 40 heavy (non-hydrogen) atoms. The highest BCUT2D eigenvalue weighted by atomic mass is 35.5. The lowest BCUT2D eigenvalue weighted by Crippen LogP contribution is -2.52. The van der Waals surface area contributed by atoms with E-state index in [2.05, 4.69) is 5.32 Å². The number of rotatable bonds is 12. The molecule has 214 valence electrons. The van der Waals surface area contributed by atoms with Gasteiger partial charge in [0, 0.05) is 23.1 Å². The molecule has 0 fully saturated rings. The third-order valence-electron chi connectivity index (χ3n) is 6.33. The summed E-state index contributed by atoms with van der Waals surface area (Å²) in [6, 6.07) is 19.0. The van der Waals surface area contributed by atoms with Crippen LogP contribution in [0.3, 0.4) is 0 Å². The van der Waals surface area contributed by atoms with Crippen molar-refractivity contribution < 1.29 is 18.0 Å². The third-order valence-corrected chi connectivity index (χ3v) is 8.70. The van der Waals surface area contributed by atoms with Crippen molar-refractivity contribution in [2.75, 3.05) is 17.4 Å². The lowest BCUT2D eigenvalue weighted by molar-refractivity contribution is -0.140. The zero-order chi connectivity index (χ0) is 29.4. The molecule has 0 spiro atoms. The fraction of sp³-hybridized carbons (Fsp3) is 0.333. The maximum absolute atomic E-state index is 14.1. The van der Waals surface area contributed by atoms with Crippen LogP contribution in [0, 0.1) is 12.8 Å². The summed E-state index contributed by atoms with van der Waals surface area (Å²) in [6.45, 7) is 7.53. The highest BCUT2D eigenvalue weighted by Crippen LogP contribution is 2.27. The Labute approximate surface area is 247 Å². The third kappa shape index (κ3) is 7.99. The van der Waals surface area contributed by atoms with Crippen molar-refractivity contribution in [2.24, 2.45) is 5.92 Å². The lowest BCUT2D eigenvalue weighted by atomic mass is 10.1. The number of nitrogens with one attached hydrogen (secondary N) is 1. The van der Waals surface area contributed by atoms with Gasteiger partial charge in [0.15, 0.2) is 0 Å². The molecule has 0 saturated heterocycles. The number of hydrogen-bond acceptors (Lipinski definition) is 4. The van der Waals surface area contributed by atoms with Gasteiger partial charge in [-0.1, -0.05) is 80.4 Å². The minimum absolute atomic E-state index is 0.00448. The van der Waals surface area contributed by atoms with Crippen LogP contribution in [0.5, 0.6) is 0 Å². The number of nitrogens with zero attached hydrogens (tertiary/aromatic N) is 2. The highest BCUT2D eigenvalue weighted by Gasteiger charge is 2.34. The van der Waals surface area contributed by atoms with Crippen molar-refractivity contribution in [3.63, 3.8) is 0 Å². The van der Waals surface area contributed by atoms with Gasteiger partial charge in [0.1, 0.15) is 12.6 Å². The molecule has 1 N–H and O–H groups in total. The Morgan fingerprint density at radius 3 is 2.25 bits per heavy atom. The Balaban J connectivity index is 2.06. The molecule has 0 saturated carbocycles. The van der Waals surface area contributed by atoms with Gasteiger partial charge in [-0.15, -0.1) is 0 Å². The molecule has 3 rings (SSSR count). The monoisotopic (exact) mass is 603 g/mol. The van der Waals surface area contributed by atoms with Crippen LogP contribution in [0.2, 0.25) is 10.0 Å². The number of anilines is 1. The Morgan fingerprint density at radius 1 is 0.950 bits per heavy atom. The Kier molecular flexibility index (Phi) is 11.0. The van der Waals surface area contributed by atoms with E-state index in [-0.39, 0.29) is 23.3 Å². The molecule has 0 aromatic heterocycles. The topological polar surface area (TPSA) is 86.8 Å². The van der Waals surface area contributed by atoms with Crippen LogP contribution in [0.4, 0.5) is 5.69 Å². The van der Waals surface area contributed by atoms with E-state index in [9.17, 15) is 18.0 Å². The molecule has 0 bridgehead atoms. The number of halogens is 2. The number of aryl methyl sites for hydroxylation is 1. The first-order chi connectivity index (χ1) is 18.9. The predicted octanol–water partition coefficient (Wildman–Crippen LogP) is 6.08. The van der Waals surface area contributed by atoms with Crippen LogP contribution in [-0.4, -0.2) is 44.3 Å². The first-order valence-corrected chi connectivity index (χ1v) is 15.3. The number of carbonyl (C=O) groups excluding carboxylic acids is 2. The van der Waals surface area contributed by atoms with Gasteiger partial charge in [-0.3, -0.25) is 13.9 Å². The fourth-order valence-electron chi connectivity index (χ4n) is 4.21. The van der Waals surface area contributed by atoms with Crippen molar-refractivity contribution >= 4 is 50.7 Å². The number of sulfonamides is 1. The average molecular weight is 605 g/mol. The van der Waals surface area contributed by atoms with Gasteiger partial charge in [-0.2, -0.15) is 0 Å². The molecule has 0 aliphatic heterocycles. The molecule has 0 aliphatic rings. The maximum Gasteiger partial charge on any atom is 0.264 e. The van der Waals surface area contributed by atoms with E-state index >= 15 is 0 Å². The van der Waals surface area contributed by atoms with Crippen LogP contribution in [-0.2, 0) is 26.2 Å². The zero-order valence-corrected chi connectivity index (χ0v) is 25.4. The molecule has 0 unspecified atom stereocenters. The predicted molar refractivity (Wildman–Crippen MR) is 161 cm³/mol. The first kappa shape index (κ1) is 31.5. The van der Waals surface area contributed by atoms with E-state index in [1.807, 2.05) is 33.8 Å². The Morgan fingerprint density at radius 2 is 1.65 bits per heavy atom. The van der Waals surface area contributed by atoms with Crippen LogP contribution >= 0.6 is 23.2 Å². The van der Waals surface area contributed by atoms with Crippen molar-refractivity contribution in [3.8, 4) is 0 Å². The van der Waals surface area contributed by atoms with Crippen molar-refractivity contribution in [3.05, 3.63) is 94.0 Å². The molecule has 0 aliphatic carbocycles. The molecule has 7 nitrogen and oxygen atoms in total. The second-order valence-electron chi connectivity index (χ2n) is 9.98. The smallest absolute Gasteiger partial charge is 0.264 e. The molecule has 3 aromatic carbocycles. The summed E-state index contributed by atoms with van der Waals surface area (Å²) in [7, 11) is -4.12. The molecular formula is C30H35Cl2N3O4S. The maximum atomic E-state index is 14.1. The average Bonchev–Trinajstić information content (AvgIpc) is 2.91. The minimum atomic E-state index is -4.12. The van der Waals surface area contributed by atoms with E-state index in [0.29, 0.717) is 34.3 Å². The highest BCUT2D eigenvalue weighted by molar-refractivity contribution is 7.92. The van der Waals surface area contributed by atoms with Gasteiger partial charge in [0.25, 0.3) is 10.0 Å². The minimum Gasteiger partial charge on any atom is -0.354 e. The van der Waals surface area contributed by atoms with Crippen molar-refractivity contribution in [1.82, 2.24) is 10.2 Å². The van der Waals surface area contributed by atoms with Gasteiger partial charge in [-0.25, -0.2) is 8.42 Å². The van der Waals surface area contributed by atoms with E-state index < -0.39 is 28.5 Å². The van der Waals surface area contributed by atoms with Gasteiger partial charge < -0.3 is 10.2 Å². The summed E-state index contributed by atoms with van der Waals surface area (Å²) in [4.78, 5) is 28.8. The quantitative estimate of drug-likeness (QED) is 0.272. The van der Waals surface area contributed by atoms with Crippen LogP contribution in [0.1, 0.15) is 38.3 Å². The Bertz CT molecular complexity index is 1430. The summed E-state index contributed by atoms with van der Waals surface area (Å²) in [5.74, 6) is -0.648. The SMILES string of the molecule is CC[C@@H](C(=O)NCC(C)C)N(Cc1ccc(Cl)cc1Cl)C(=O)CN(c1cccc(C)c1)S(=O)(=O)c1ccccc1. The number of hydrogen-bond donors (Lipinski definition) is 1. The van der Waals surface area contributed by atoms with E-state index in [1.54, 1.807) is 54.6 Å².